The second-order valence-corrected chi connectivity index (χ2v) is 8.06. The van der Waals surface area contributed by atoms with Gasteiger partial charge in [0, 0.05) is 36.6 Å². The van der Waals surface area contributed by atoms with Gasteiger partial charge < -0.3 is 16.0 Å². The summed E-state index contributed by atoms with van der Waals surface area (Å²) in [4.78, 5) is 40.7. The summed E-state index contributed by atoms with van der Waals surface area (Å²) < 4.78 is 62.1. The van der Waals surface area contributed by atoms with Gasteiger partial charge in [0.25, 0.3) is 5.91 Å². The van der Waals surface area contributed by atoms with E-state index in [1.807, 2.05) is 0 Å². The second-order valence-electron chi connectivity index (χ2n) is 8.06. The van der Waals surface area contributed by atoms with E-state index in [1.54, 1.807) is 4.90 Å². The molecule has 1 saturated carbocycles. The van der Waals surface area contributed by atoms with Gasteiger partial charge in [0.2, 0.25) is 12.3 Å². The van der Waals surface area contributed by atoms with Crippen LogP contribution in [0, 0.1) is 0 Å². The fourth-order valence-corrected chi connectivity index (χ4v) is 4.16. The number of nitrogens with zero attached hydrogens (tertiary/aromatic N) is 2. The first kappa shape index (κ1) is 24.6. The molecule has 1 aliphatic carbocycles. The molecular weight excluding hydrogens is 451 g/mol. The number of hydrogen-bond donors (Lipinski definition) is 2. The molecular formula is C21H23F5N4O3. The summed E-state index contributed by atoms with van der Waals surface area (Å²) in [7, 11) is 0. The van der Waals surface area contributed by atoms with Gasteiger partial charge in [-0.05, 0) is 24.5 Å². The lowest BCUT2D eigenvalue weighted by atomic mass is 9.89. The summed E-state index contributed by atoms with van der Waals surface area (Å²) in [6.45, 7) is 0.223. The van der Waals surface area contributed by atoms with Gasteiger partial charge in [-0.25, -0.2) is 8.78 Å². The van der Waals surface area contributed by atoms with Gasteiger partial charge in [0.15, 0.2) is 0 Å². The Balaban J connectivity index is 1.75. The molecule has 12 heteroatoms. The minimum absolute atomic E-state index is 0.00189. The van der Waals surface area contributed by atoms with Gasteiger partial charge in [-0.15, -0.1) is 0 Å². The maximum absolute atomic E-state index is 13.1. The highest BCUT2D eigenvalue weighted by molar-refractivity contribution is 6.07. The van der Waals surface area contributed by atoms with Crippen molar-refractivity contribution in [2.75, 3.05) is 0 Å². The number of carbonyl (C=O) groups is 3. The lowest BCUT2D eigenvalue weighted by molar-refractivity contribution is -0.169. The normalized spacial score (nSPS) is 21.3. The van der Waals surface area contributed by atoms with Crippen LogP contribution in [-0.4, -0.2) is 53.1 Å². The van der Waals surface area contributed by atoms with E-state index in [2.05, 4.69) is 10.3 Å². The monoisotopic (exact) mass is 474 g/mol. The summed E-state index contributed by atoms with van der Waals surface area (Å²) in [5.41, 5.74) is 6.38. The van der Waals surface area contributed by atoms with Crippen LogP contribution in [0.1, 0.15) is 60.0 Å². The zero-order valence-electron chi connectivity index (χ0n) is 17.5. The number of amidine groups is 1. The highest BCUT2D eigenvalue weighted by Gasteiger charge is 2.40. The molecule has 3 amide bonds. The van der Waals surface area contributed by atoms with E-state index >= 15 is 0 Å². The molecule has 1 fully saturated rings. The number of carbonyl (C=O) groups excluding carboxylic acids is 3. The Bertz CT molecular complexity index is 964. The Kier molecular flexibility index (Phi) is 7.33. The zero-order chi connectivity index (χ0) is 24.3. The van der Waals surface area contributed by atoms with E-state index < -0.39 is 42.7 Å². The van der Waals surface area contributed by atoms with E-state index in [9.17, 15) is 36.3 Å². The Morgan fingerprint density at radius 2 is 1.91 bits per heavy atom. The van der Waals surface area contributed by atoms with Crippen molar-refractivity contribution in [3.63, 3.8) is 0 Å². The van der Waals surface area contributed by atoms with E-state index in [-0.39, 0.29) is 36.0 Å². The van der Waals surface area contributed by atoms with Gasteiger partial charge in [-0.2, -0.15) is 18.2 Å². The van der Waals surface area contributed by atoms with Crippen molar-refractivity contribution in [3.8, 4) is 0 Å². The number of rotatable bonds is 6. The third-order valence-corrected chi connectivity index (χ3v) is 5.77. The first-order valence-corrected chi connectivity index (χ1v) is 10.4. The van der Waals surface area contributed by atoms with Crippen LogP contribution in [0.2, 0.25) is 0 Å². The van der Waals surface area contributed by atoms with Crippen molar-refractivity contribution in [3.05, 3.63) is 34.9 Å². The number of nitrogens with one attached hydrogen (secondary N) is 1. The predicted molar refractivity (Wildman–Crippen MR) is 108 cm³/mol. The van der Waals surface area contributed by atoms with Crippen LogP contribution >= 0.6 is 0 Å². The van der Waals surface area contributed by atoms with Crippen molar-refractivity contribution < 1.29 is 36.3 Å². The third-order valence-electron chi connectivity index (χ3n) is 5.77. The number of alkyl halides is 5. The van der Waals surface area contributed by atoms with Crippen LogP contribution in [-0.2, 0) is 16.1 Å². The van der Waals surface area contributed by atoms with E-state index in [0.29, 0.717) is 18.4 Å². The molecule has 33 heavy (non-hydrogen) atoms. The smallest absolute Gasteiger partial charge is 0.383 e. The highest BCUT2D eigenvalue weighted by atomic mass is 19.4. The molecule has 0 spiro atoms. The Morgan fingerprint density at radius 1 is 1.21 bits per heavy atom. The van der Waals surface area contributed by atoms with Gasteiger partial charge in [0.1, 0.15) is 5.84 Å². The molecule has 1 unspecified atom stereocenters. The average Bonchev–Trinajstić information content (AvgIpc) is 3.07. The first-order chi connectivity index (χ1) is 15.5. The van der Waals surface area contributed by atoms with Gasteiger partial charge in [-0.1, -0.05) is 25.0 Å². The largest absolute Gasteiger partial charge is 0.473 e. The molecule has 1 aliphatic heterocycles. The fourth-order valence-electron chi connectivity index (χ4n) is 4.16. The molecule has 0 bridgehead atoms. The van der Waals surface area contributed by atoms with Crippen molar-refractivity contribution >= 4 is 23.6 Å². The van der Waals surface area contributed by atoms with Crippen molar-refractivity contribution in [2.45, 2.75) is 69.8 Å². The fraction of sp³-hybridized carbons (Fsp3) is 0.524. The second kappa shape index (κ2) is 9.84. The molecule has 0 radical (unpaired) electrons. The number of benzene rings is 1. The molecule has 180 valence electrons. The number of halogens is 5. The number of aliphatic imine (C=N–C) groups is 1. The number of amides is 3. The number of fused-ring (bicyclic) bond motifs is 1. The third kappa shape index (κ3) is 5.85. The Hall–Kier alpha value is -3.05. The molecule has 1 heterocycles. The van der Waals surface area contributed by atoms with Crippen LogP contribution in [0.25, 0.3) is 0 Å². The van der Waals surface area contributed by atoms with Crippen LogP contribution in [0.4, 0.5) is 22.0 Å². The van der Waals surface area contributed by atoms with Crippen LogP contribution in [0.3, 0.4) is 0 Å². The molecule has 1 aromatic carbocycles. The maximum atomic E-state index is 13.1. The van der Waals surface area contributed by atoms with Crippen molar-refractivity contribution in [2.24, 2.45) is 10.7 Å². The topological polar surface area (TPSA) is 105 Å². The minimum Gasteiger partial charge on any atom is -0.383 e. The molecule has 7 nitrogen and oxygen atoms in total. The Labute approximate surface area is 186 Å². The maximum Gasteiger partial charge on any atom is 0.473 e. The van der Waals surface area contributed by atoms with Gasteiger partial charge in [-0.3, -0.25) is 14.4 Å². The molecule has 3 N–H and O–H groups in total. The number of hydrogen-bond acceptors (Lipinski definition) is 3. The van der Waals surface area contributed by atoms with E-state index in [1.165, 1.54) is 18.2 Å². The lowest BCUT2D eigenvalue weighted by Crippen LogP contribution is -2.53. The van der Waals surface area contributed by atoms with Crippen molar-refractivity contribution in [1.82, 2.24) is 10.2 Å². The predicted octanol–water partition coefficient (Wildman–Crippen LogP) is 2.91. The summed E-state index contributed by atoms with van der Waals surface area (Å²) in [5, 5.41) is 2.76. The summed E-state index contributed by atoms with van der Waals surface area (Å²) >= 11 is 0. The molecule has 0 saturated heterocycles. The molecule has 3 rings (SSSR count). The van der Waals surface area contributed by atoms with Gasteiger partial charge >= 0.3 is 12.1 Å². The summed E-state index contributed by atoms with van der Waals surface area (Å²) in [5.74, 6) is -3.90. The molecule has 2 aliphatic rings. The zero-order valence-corrected chi connectivity index (χ0v) is 17.5. The van der Waals surface area contributed by atoms with Crippen LogP contribution in [0.5, 0.6) is 0 Å². The molecule has 1 aromatic rings. The first-order valence-electron chi connectivity index (χ1n) is 10.4. The quantitative estimate of drug-likeness (QED) is 0.376. The Morgan fingerprint density at radius 3 is 2.58 bits per heavy atom. The standard InChI is InChI=1S/C21H23F5N4O3/c22-16(23)7-8-17(31)28-14-3-1-2-4-15(14)30-10-12-6-5-11(9-13(12)19(30)32)18(27)29-20(33)21(24,25)26/h5-6,9,14-16H,1-4,7-8,10H2,(H,28,31)(H2,27,29,33)/t14?,15-/m1/s1. The van der Waals surface area contributed by atoms with Crippen LogP contribution in [0.15, 0.2) is 23.2 Å². The average molecular weight is 474 g/mol. The van der Waals surface area contributed by atoms with Gasteiger partial charge in [0.05, 0.1) is 6.04 Å². The summed E-state index contributed by atoms with van der Waals surface area (Å²) in [6, 6.07) is 3.46. The lowest BCUT2D eigenvalue weighted by Gasteiger charge is -2.38. The van der Waals surface area contributed by atoms with E-state index in [0.717, 1.165) is 12.8 Å². The summed E-state index contributed by atoms with van der Waals surface area (Å²) in [6.07, 6.45) is -5.76. The van der Waals surface area contributed by atoms with E-state index in [4.69, 9.17) is 5.73 Å². The minimum atomic E-state index is -5.16. The number of nitrogens with two attached hydrogens (primary N) is 1. The SMILES string of the molecule is NC(=NC(=O)C(F)(F)F)c1ccc2c(c1)C(=O)N([C@@H]1CCCCC1NC(=O)CCC(F)F)C2. The van der Waals surface area contributed by atoms with Crippen molar-refractivity contribution in [1.29, 1.82) is 0 Å². The molecule has 0 aromatic heterocycles. The van der Waals surface area contributed by atoms with Crippen LogP contribution < -0.4 is 11.1 Å². The highest BCUT2D eigenvalue weighted by Crippen LogP contribution is 2.32. The molecule has 2 atom stereocenters.